The quantitative estimate of drug-likeness (QED) is 0.728. The molecular formula is C14H22Cl2N2O2S. The highest BCUT2D eigenvalue weighted by molar-refractivity contribution is 7.89. The Kier molecular flexibility index (Phi) is 7.44. The zero-order chi connectivity index (χ0) is 16.0. The van der Waals surface area contributed by atoms with Crippen LogP contribution in [0.3, 0.4) is 0 Å². The lowest BCUT2D eigenvalue weighted by Crippen LogP contribution is -2.28. The second-order valence-corrected chi connectivity index (χ2v) is 7.71. The van der Waals surface area contributed by atoms with Crippen molar-refractivity contribution in [1.82, 2.24) is 9.62 Å². The van der Waals surface area contributed by atoms with E-state index in [-0.39, 0.29) is 9.92 Å². The predicted molar refractivity (Wildman–Crippen MR) is 88.6 cm³/mol. The first-order chi connectivity index (χ1) is 9.84. The monoisotopic (exact) mass is 352 g/mol. The minimum absolute atomic E-state index is 0.109. The van der Waals surface area contributed by atoms with Gasteiger partial charge in [-0.05, 0) is 37.1 Å². The van der Waals surface area contributed by atoms with Crippen molar-refractivity contribution in [2.45, 2.75) is 38.1 Å². The molecule has 0 bridgehead atoms. The Morgan fingerprint density at radius 3 is 2.38 bits per heavy atom. The molecule has 1 aromatic carbocycles. The first-order valence-corrected chi connectivity index (χ1v) is 9.19. The van der Waals surface area contributed by atoms with Crippen LogP contribution in [0.2, 0.25) is 10.0 Å². The zero-order valence-corrected chi connectivity index (χ0v) is 14.9. The van der Waals surface area contributed by atoms with E-state index in [9.17, 15) is 8.42 Å². The molecule has 21 heavy (non-hydrogen) atoms. The van der Waals surface area contributed by atoms with Gasteiger partial charge in [-0.15, -0.1) is 0 Å². The predicted octanol–water partition coefficient (Wildman–Crippen LogP) is 3.52. The third-order valence-electron chi connectivity index (χ3n) is 3.07. The van der Waals surface area contributed by atoms with Gasteiger partial charge in [-0.3, -0.25) is 0 Å². The Balaban J connectivity index is 3.15. The van der Waals surface area contributed by atoms with E-state index in [0.717, 1.165) is 24.9 Å². The average Bonchev–Trinajstić information content (AvgIpc) is 2.41. The normalized spacial score (nSPS) is 12.1. The SMILES string of the molecule is CCCNCc1cc(S(=O)(=O)N(C)CCC)c(Cl)cc1Cl. The van der Waals surface area contributed by atoms with Crippen molar-refractivity contribution in [2.24, 2.45) is 0 Å². The van der Waals surface area contributed by atoms with Gasteiger partial charge in [0.1, 0.15) is 4.90 Å². The fourth-order valence-corrected chi connectivity index (χ4v) is 4.00. The van der Waals surface area contributed by atoms with E-state index in [4.69, 9.17) is 23.2 Å². The van der Waals surface area contributed by atoms with Crippen molar-refractivity contribution in [2.75, 3.05) is 20.1 Å². The van der Waals surface area contributed by atoms with E-state index in [1.54, 1.807) is 13.1 Å². The van der Waals surface area contributed by atoms with Gasteiger partial charge in [0.05, 0.1) is 5.02 Å². The minimum Gasteiger partial charge on any atom is -0.313 e. The van der Waals surface area contributed by atoms with Crippen LogP contribution in [0.25, 0.3) is 0 Å². The van der Waals surface area contributed by atoms with Gasteiger partial charge in [-0.25, -0.2) is 12.7 Å². The highest BCUT2D eigenvalue weighted by Crippen LogP contribution is 2.30. The van der Waals surface area contributed by atoms with Crippen LogP contribution in [0.15, 0.2) is 17.0 Å². The molecule has 0 fully saturated rings. The number of nitrogens with zero attached hydrogens (tertiary/aromatic N) is 1. The lowest BCUT2D eigenvalue weighted by molar-refractivity contribution is 0.468. The Hall–Kier alpha value is -0.330. The first-order valence-electron chi connectivity index (χ1n) is 6.99. The number of hydrogen-bond donors (Lipinski definition) is 1. The van der Waals surface area contributed by atoms with Crippen LogP contribution in [0, 0.1) is 0 Å². The number of rotatable bonds is 8. The molecule has 0 aliphatic carbocycles. The molecule has 0 unspecified atom stereocenters. The average molecular weight is 353 g/mol. The number of hydrogen-bond acceptors (Lipinski definition) is 3. The molecule has 0 spiro atoms. The molecule has 0 amide bonds. The summed E-state index contributed by atoms with van der Waals surface area (Å²) in [5.41, 5.74) is 0.734. The van der Waals surface area contributed by atoms with Crippen LogP contribution in [0.5, 0.6) is 0 Å². The van der Waals surface area contributed by atoms with Gasteiger partial charge in [0.2, 0.25) is 10.0 Å². The van der Waals surface area contributed by atoms with Crippen molar-refractivity contribution in [3.05, 3.63) is 27.7 Å². The van der Waals surface area contributed by atoms with Crippen molar-refractivity contribution >= 4 is 33.2 Å². The third kappa shape index (κ3) is 4.83. The van der Waals surface area contributed by atoms with E-state index in [0.29, 0.717) is 18.1 Å². The largest absolute Gasteiger partial charge is 0.313 e. The third-order valence-corrected chi connectivity index (χ3v) is 5.74. The van der Waals surface area contributed by atoms with Gasteiger partial charge < -0.3 is 5.32 Å². The minimum atomic E-state index is -3.59. The van der Waals surface area contributed by atoms with E-state index >= 15 is 0 Å². The van der Waals surface area contributed by atoms with E-state index in [1.165, 1.54) is 10.4 Å². The van der Waals surface area contributed by atoms with Crippen LogP contribution in [0.1, 0.15) is 32.3 Å². The molecule has 1 aromatic rings. The molecule has 0 atom stereocenters. The molecule has 0 aromatic heterocycles. The van der Waals surface area contributed by atoms with Gasteiger partial charge in [-0.1, -0.05) is 37.0 Å². The smallest absolute Gasteiger partial charge is 0.244 e. The summed E-state index contributed by atoms with van der Waals surface area (Å²) in [4.78, 5) is 0.109. The van der Waals surface area contributed by atoms with Crippen molar-refractivity contribution < 1.29 is 8.42 Å². The molecule has 0 heterocycles. The maximum absolute atomic E-state index is 12.5. The number of halogens is 2. The molecule has 0 radical (unpaired) electrons. The van der Waals surface area contributed by atoms with Crippen molar-refractivity contribution in [3.8, 4) is 0 Å². The van der Waals surface area contributed by atoms with Gasteiger partial charge in [0.25, 0.3) is 0 Å². The number of sulfonamides is 1. The summed E-state index contributed by atoms with van der Waals surface area (Å²) in [5, 5.41) is 3.84. The Morgan fingerprint density at radius 1 is 1.14 bits per heavy atom. The molecule has 120 valence electrons. The lowest BCUT2D eigenvalue weighted by atomic mass is 10.2. The molecular weight excluding hydrogens is 331 g/mol. The molecule has 1 rings (SSSR count). The second kappa shape index (κ2) is 8.34. The van der Waals surface area contributed by atoms with Crippen LogP contribution < -0.4 is 5.32 Å². The molecule has 0 aliphatic heterocycles. The summed E-state index contributed by atoms with van der Waals surface area (Å²) < 4.78 is 26.3. The summed E-state index contributed by atoms with van der Waals surface area (Å²) in [7, 11) is -2.03. The van der Waals surface area contributed by atoms with Gasteiger partial charge in [-0.2, -0.15) is 0 Å². The van der Waals surface area contributed by atoms with E-state index < -0.39 is 10.0 Å². The first kappa shape index (κ1) is 18.7. The molecule has 0 aliphatic rings. The molecule has 0 saturated heterocycles. The van der Waals surface area contributed by atoms with Crippen LogP contribution >= 0.6 is 23.2 Å². The number of benzene rings is 1. The Labute approximate surface area is 137 Å². The van der Waals surface area contributed by atoms with Crippen LogP contribution in [-0.4, -0.2) is 32.9 Å². The van der Waals surface area contributed by atoms with Crippen LogP contribution in [-0.2, 0) is 16.6 Å². The van der Waals surface area contributed by atoms with Crippen molar-refractivity contribution in [1.29, 1.82) is 0 Å². The molecule has 0 saturated carbocycles. The van der Waals surface area contributed by atoms with Crippen molar-refractivity contribution in [3.63, 3.8) is 0 Å². The summed E-state index contributed by atoms with van der Waals surface area (Å²) in [5.74, 6) is 0. The van der Waals surface area contributed by atoms with Gasteiger partial charge >= 0.3 is 0 Å². The van der Waals surface area contributed by atoms with Crippen LogP contribution in [0.4, 0.5) is 0 Å². The molecule has 7 heteroatoms. The highest BCUT2D eigenvalue weighted by Gasteiger charge is 2.24. The highest BCUT2D eigenvalue weighted by atomic mass is 35.5. The maximum atomic E-state index is 12.5. The van der Waals surface area contributed by atoms with E-state index in [2.05, 4.69) is 12.2 Å². The Bertz CT molecular complexity index is 577. The lowest BCUT2D eigenvalue weighted by Gasteiger charge is -2.18. The zero-order valence-electron chi connectivity index (χ0n) is 12.6. The summed E-state index contributed by atoms with van der Waals surface area (Å²) in [6.07, 6.45) is 1.74. The van der Waals surface area contributed by atoms with Gasteiger partial charge in [0.15, 0.2) is 0 Å². The fourth-order valence-electron chi connectivity index (χ4n) is 1.91. The number of nitrogens with one attached hydrogen (secondary N) is 1. The standard InChI is InChI=1S/C14H22Cl2N2O2S/c1-4-6-17-10-11-8-14(13(16)9-12(11)15)21(19,20)18(3)7-5-2/h8-9,17H,4-7,10H2,1-3H3. The maximum Gasteiger partial charge on any atom is 0.244 e. The van der Waals surface area contributed by atoms with E-state index in [1.807, 2.05) is 6.92 Å². The second-order valence-electron chi connectivity index (χ2n) is 4.88. The topological polar surface area (TPSA) is 49.4 Å². The molecule has 1 N–H and O–H groups in total. The van der Waals surface area contributed by atoms with Gasteiger partial charge in [0, 0.05) is 25.2 Å². The Morgan fingerprint density at radius 2 is 1.81 bits per heavy atom. The summed E-state index contributed by atoms with van der Waals surface area (Å²) in [6, 6.07) is 3.06. The summed E-state index contributed by atoms with van der Waals surface area (Å²) in [6.45, 7) is 5.80. The fraction of sp³-hybridized carbons (Fsp3) is 0.571. The summed E-state index contributed by atoms with van der Waals surface area (Å²) >= 11 is 12.2. The molecule has 4 nitrogen and oxygen atoms in total.